The monoisotopic (exact) mass is 348 g/mol. The molecule has 0 atom stereocenters. The predicted octanol–water partition coefficient (Wildman–Crippen LogP) is 5.07. The van der Waals surface area contributed by atoms with Gasteiger partial charge in [-0.1, -0.05) is 15.9 Å². The van der Waals surface area contributed by atoms with Crippen molar-refractivity contribution in [2.24, 2.45) is 0 Å². The first-order valence-corrected chi connectivity index (χ1v) is 7.45. The van der Waals surface area contributed by atoms with Crippen LogP contribution in [0.4, 0.5) is 21.9 Å². The summed E-state index contributed by atoms with van der Waals surface area (Å²) in [4.78, 5) is 11.3. The molecule has 1 amide bonds. The summed E-state index contributed by atoms with van der Waals surface area (Å²) in [6.07, 6.45) is -0.443. The van der Waals surface area contributed by atoms with E-state index in [0.717, 1.165) is 15.8 Å². The number of halogens is 1. The zero-order chi connectivity index (χ0) is 15.2. The standard InChI is InChI=1S/C16H17BrN2O2/c1-3-21-16(20)19-13-6-4-12(5-7-13)18-14-8-9-15(17)11(2)10-14/h4-10,18H,3H2,1-2H3,(H,19,20). The highest BCUT2D eigenvalue weighted by Crippen LogP contribution is 2.23. The summed E-state index contributed by atoms with van der Waals surface area (Å²) in [5.41, 5.74) is 3.83. The van der Waals surface area contributed by atoms with E-state index in [-0.39, 0.29) is 0 Å². The van der Waals surface area contributed by atoms with Gasteiger partial charge in [0, 0.05) is 21.5 Å². The number of carbonyl (C=O) groups excluding carboxylic acids is 1. The molecule has 0 aliphatic heterocycles. The van der Waals surface area contributed by atoms with E-state index >= 15 is 0 Å². The van der Waals surface area contributed by atoms with Crippen molar-refractivity contribution in [2.45, 2.75) is 13.8 Å². The summed E-state index contributed by atoms with van der Waals surface area (Å²) >= 11 is 3.48. The highest BCUT2D eigenvalue weighted by atomic mass is 79.9. The minimum Gasteiger partial charge on any atom is -0.450 e. The van der Waals surface area contributed by atoms with Gasteiger partial charge in [0.25, 0.3) is 0 Å². The average molecular weight is 349 g/mol. The van der Waals surface area contributed by atoms with Crippen molar-refractivity contribution in [2.75, 3.05) is 17.2 Å². The molecule has 0 heterocycles. The van der Waals surface area contributed by atoms with Gasteiger partial charge in [0.1, 0.15) is 0 Å². The van der Waals surface area contributed by atoms with Crippen molar-refractivity contribution in [3.63, 3.8) is 0 Å². The second-order valence-electron chi connectivity index (χ2n) is 4.51. The lowest BCUT2D eigenvalue weighted by molar-refractivity contribution is 0.168. The van der Waals surface area contributed by atoms with Gasteiger partial charge in [-0.05, 0) is 61.9 Å². The van der Waals surface area contributed by atoms with E-state index in [2.05, 4.69) is 32.6 Å². The molecule has 0 aromatic heterocycles. The summed E-state index contributed by atoms with van der Waals surface area (Å²) in [5.74, 6) is 0. The lowest BCUT2D eigenvalue weighted by atomic mass is 10.2. The van der Waals surface area contributed by atoms with E-state index in [0.29, 0.717) is 12.3 Å². The van der Waals surface area contributed by atoms with Gasteiger partial charge in [0.15, 0.2) is 0 Å². The van der Waals surface area contributed by atoms with Crippen LogP contribution in [0.2, 0.25) is 0 Å². The SMILES string of the molecule is CCOC(=O)Nc1ccc(Nc2ccc(Br)c(C)c2)cc1. The molecule has 5 heteroatoms. The van der Waals surface area contributed by atoms with Crippen LogP contribution in [0.5, 0.6) is 0 Å². The molecular weight excluding hydrogens is 332 g/mol. The molecule has 0 radical (unpaired) electrons. The molecule has 0 fully saturated rings. The molecule has 0 saturated carbocycles. The fourth-order valence-electron chi connectivity index (χ4n) is 1.81. The number of anilines is 3. The minimum absolute atomic E-state index is 0.356. The molecule has 110 valence electrons. The molecule has 2 aromatic carbocycles. The van der Waals surface area contributed by atoms with E-state index in [1.165, 1.54) is 5.56 Å². The zero-order valence-corrected chi connectivity index (χ0v) is 13.5. The number of rotatable bonds is 4. The van der Waals surface area contributed by atoms with Crippen molar-refractivity contribution >= 4 is 39.1 Å². The molecule has 2 rings (SSSR count). The van der Waals surface area contributed by atoms with Crippen LogP contribution in [0.15, 0.2) is 46.9 Å². The summed E-state index contributed by atoms with van der Waals surface area (Å²) in [5, 5.41) is 5.97. The lowest BCUT2D eigenvalue weighted by Gasteiger charge is -2.10. The van der Waals surface area contributed by atoms with Crippen molar-refractivity contribution in [3.05, 3.63) is 52.5 Å². The summed E-state index contributed by atoms with van der Waals surface area (Å²) in [6, 6.07) is 13.5. The highest BCUT2D eigenvalue weighted by Gasteiger charge is 2.02. The Balaban J connectivity index is 2.01. The Morgan fingerprint density at radius 3 is 2.33 bits per heavy atom. The van der Waals surface area contributed by atoms with Crippen LogP contribution in [0.3, 0.4) is 0 Å². The number of aryl methyl sites for hydroxylation is 1. The van der Waals surface area contributed by atoms with Gasteiger partial charge in [-0.25, -0.2) is 4.79 Å². The topological polar surface area (TPSA) is 50.4 Å². The van der Waals surface area contributed by atoms with Crippen LogP contribution in [0, 0.1) is 6.92 Å². The molecule has 0 saturated heterocycles. The number of benzene rings is 2. The third kappa shape index (κ3) is 4.49. The Kier molecular flexibility index (Phi) is 5.22. The van der Waals surface area contributed by atoms with Gasteiger partial charge in [-0.15, -0.1) is 0 Å². The lowest BCUT2D eigenvalue weighted by Crippen LogP contribution is -2.13. The molecular formula is C16H17BrN2O2. The van der Waals surface area contributed by atoms with E-state index in [4.69, 9.17) is 4.74 Å². The van der Waals surface area contributed by atoms with Crippen molar-refractivity contribution in [1.82, 2.24) is 0 Å². The van der Waals surface area contributed by atoms with E-state index < -0.39 is 6.09 Å². The summed E-state index contributed by atoms with van der Waals surface area (Å²) in [7, 11) is 0. The van der Waals surface area contributed by atoms with Crippen LogP contribution in [-0.2, 0) is 4.74 Å². The van der Waals surface area contributed by atoms with Gasteiger partial charge < -0.3 is 10.1 Å². The maximum Gasteiger partial charge on any atom is 0.411 e. The van der Waals surface area contributed by atoms with Crippen LogP contribution in [-0.4, -0.2) is 12.7 Å². The largest absolute Gasteiger partial charge is 0.450 e. The maximum absolute atomic E-state index is 11.3. The molecule has 0 bridgehead atoms. The first-order chi connectivity index (χ1) is 10.1. The Morgan fingerprint density at radius 2 is 1.71 bits per heavy atom. The fraction of sp³-hybridized carbons (Fsp3) is 0.188. The third-order valence-corrected chi connectivity index (χ3v) is 3.74. The van der Waals surface area contributed by atoms with Crippen molar-refractivity contribution < 1.29 is 9.53 Å². The van der Waals surface area contributed by atoms with Crippen molar-refractivity contribution in [3.8, 4) is 0 Å². The Morgan fingerprint density at radius 1 is 1.10 bits per heavy atom. The number of hydrogen-bond donors (Lipinski definition) is 2. The van der Waals surface area contributed by atoms with Crippen LogP contribution in [0.1, 0.15) is 12.5 Å². The van der Waals surface area contributed by atoms with Crippen LogP contribution in [0.25, 0.3) is 0 Å². The molecule has 0 spiro atoms. The second-order valence-corrected chi connectivity index (χ2v) is 5.37. The van der Waals surface area contributed by atoms with E-state index in [1.54, 1.807) is 6.92 Å². The number of amides is 1. The van der Waals surface area contributed by atoms with Gasteiger partial charge in [-0.2, -0.15) is 0 Å². The molecule has 0 aliphatic carbocycles. The molecule has 4 nitrogen and oxygen atoms in total. The second kappa shape index (κ2) is 7.13. The quantitative estimate of drug-likeness (QED) is 0.810. The molecule has 0 aliphatic rings. The number of hydrogen-bond acceptors (Lipinski definition) is 3. The van der Waals surface area contributed by atoms with Crippen LogP contribution >= 0.6 is 15.9 Å². The Hall–Kier alpha value is -2.01. The summed E-state index contributed by atoms with van der Waals surface area (Å²) < 4.78 is 5.91. The molecule has 2 aromatic rings. The first kappa shape index (κ1) is 15.4. The number of ether oxygens (including phenoxy) is 1. The zero-order valence-electron chi connectivity index (χ0n) is 11.9. The van der Waals surface area contributed by atoms with Gasteiger partial charge in [0.2, 0.25) is 0 Å². The van der Waals surface area contributed by atoms with Crippen molar-refractivity contribution in [1.29, 1.82) is 0 Å². The predicted molar refractivity (Wildman–Crippen MR) is 89.2 cm³/mol. The maximum atomic E-state index is 11.3. The van der Waals surface area contributed by atoms with Gasteiger partial charge >= 0.3 is 6.09 Å². The smallest absolute Gasteiger partial charge is 0.411 e. The normalized spacial score (nSPS) is 10.0. The highest BCUT2D eigenvalue weighted by molar-refractivity contribution is 9.10. The van der Waals surface area contributed by atoms with Crippen LogP contribution < -0.4 is 10.6 Å². The fourth-order valence-corrected chi connectivity index (χ4v) is 2.06. The minimum atomic E-state index is -0.443. The first-order valence-electron chi connectivity index (χ1n) is 6.65. The van der Waals surface area contributed by atoms with Gasteiger partial charge in [0.05, 0.1) is 6.61 Å². The molecule has 21 heavy (non-hydrogen) atoms. The Labute approximate surface area is 132 Å². The summed E-state index contributed by atoms with van der Waals surface area (Å²) in [6.45, 7) is 4.17. The Bertz CT molecular complexity index is 627. The van der Waals surface area contributed by atoms with E-state index in [1.807, 2.05) is 43.3 Å². The number of carbonyl (C=O) groups is 1. The molecule has 2 N–H and O–H groups in total. The number of nitrogens with one attached hydrogen (secondary N) is 2. The third-order valence-electron chi connectivity index (χ3n) is 2.85. The average Bonchev–Trinajstić information content (AvgIpc) is 2.45. The molecule has 0 unspecified atom stereocenters. The van der Waals surface area contributed by atoms with Gasteiger partial charge in [-0.3, -0.25) is 5.32 Å². The van der Waals surface area contributed by atoms with E-state index in [9.17, 15) is 4.79 Å².